The van der Waals surface area contributed by atoms with Crippen molar-refractivity contribution in [3.8, 4) is 5.75 Å². The Balaban J connectivity index is 1.69. The van der Waals surface area contributed by atoms with Crippen molar-refractivity contribution < 1.29 is 14.3 Å². The van der Waals surface area contributed by atoms with E-state index in [1.54, 1.807) is 0 Å². The summed E-state index contributed by atoms with van der Waals surface area (Å²) in [4.78, 5) is 14.2. The summed E-state index contributed by atoms with van der Waals surface area (Å²) in [6.45, 7) is 3.44. The molecule has 0 radical (unpaired) electrons. The van der Waals surface area contributed by atoms with E-state index in [1.807, 2.05) is 30.0 Å². The van der Waals surface area contributed by atoms with Crippen LogP contribution in [0.3, 0.4) is 0 Å². The molecule has 2 unspecified atom stereocenters. The molecule has 1 aromatic rings. The predicted octanol–water partition coefficient (Wildman–Crippen LogP) is 3.36. The third-order valence-electron chi connectivity index (χ3n) is 4.06. The molecule has 2 aliphatic heterocycles. The normalized spacial score (nSPS) is 24.9. The first-order valence-corrected chi connectivity index (χ1v) is 8.62. The quantitative estimate of drug-likeness (QED) is 0.727. The van der Waals surface area contributed by atoms with E-state index < -0.39 is 6.10 Å². The number of benzene rings is 1. The van der Waals surface area contributed by atoms with Gasteiger partial charge in [0.15, 0.2) is 6.10 Å². The molecule has 1 aromatic carbocycles. The number of ether oxygens (including phenoxy) is 2. The van der Waals surface area contributed by atoms with Crippen molar-refractivity contribution >= 4 is 34.2 Å². The highest BCUT2D eigenvalue weighted by Gasteiger charge is 2.31. The highest BCUT2D eigenvalue weighted by Crippen LogP contribution is 2.35. The first kappa shape index (κ1) is 15.1. The van der Waals surface area contributed by atoms with Gasteiger partial charge >= 0.3 is 0 Å². The van der Waals surface area contributed by atoms with Crippen LogP contribution < -0.4 is 9.64 Å². The lowest BCUT2D eigenvalue weighted by molar-refractivity contribution is -0.125. The van der Waals surface area contributed by atoms with Crippen LogP contribution >= 0.6 is 22.6 Å². The Kier molecular flexibility index (Phi) is 4.69. The minimum Gasteiger partial charge on any atom is -0.479 e. The summed E-state index contributed by atoms with van der Waals surface area (Å²) >= 11 is 2.26. The molecule has 5 heteroatoms. The fourth-order valence-electron chi connectivity index (χ4n) is 2.96. The molecule has 1 fully saturated rings. The Labute approximate surface area is 138 Å². The molecule has 0 aliphatic carbocycles. The molecule has 0 N–H and O–H groups in total. The van der Waals surface area contributed by atoms with Gasteiger partial charge in [-0.25, -0.2) is 0 Å². The molecule has 1 saturated heterocycles. The van der Waals surface area contributed by atoms with Crippen LogP contribution in [0.15, 0.2) is 18.2 Å². The fraction of sp³-hybridized carbons (Fsp3) is 0.562. The molecular weight excluding hydrogens is 381 g/mol. The maximum absolute atomic E-state index is 12.4. The number of anilines is 1. The number of nitrogens with zero attached hydrogens (tertiary/aromatic N) is 1. The van der Waals surface area contributed by atoms with Crippen LogP contribution in [0.25, 0.3) is 0 Å². The number of fused-ring (bicyclic) bond motifs is 1. The Morgan fingerprint density at radius 3 is 3.05 bits per heavy atom. The molecule has 0 spiro atoms. The van der Waals surface area contributed by atoms with Gasteiger partial charge in [-0.1, -0.05) is 0 Å². The van der Waals surface area contributed by atoms with E-state index in [4.69, 9.17) is 9.47 Å². The van der Waals surface area contributed by atoms with Gasteiger partial charge in [0.2, 0.25) is 0 Å². The fourth-order valence-corrected chi connectivity index (χ4v) is 3.43. The number of carbonyl (C=O) groups is 1. The average molecular weight is 401 g/mol. The standard InChI is InChI=1S/C16H20INO3/c1-11-16(19)18(8-2-4-13-5-3-9-20-13)14-7-6-12(17)10-15(14)21-11/h6-7,10-11,13H,2-5,8-9H2,1H3. The molecule has 21 heavy (non-hydrogen) atoms. The lowest BCUT2D eigenvalue weighted by Crippen LogP contribution is -2.45. The van der Waals surface area contributed by atoms with Gasteiger partial charge in [0, 0.05) is 16.7 Å². The first-order chi connectivity index (χ1) is 10.1. The van der Waals surface area contributed by atoms with Crippen LogP contribution in [0.1, 0.15) is 32.6 Å². The van der Waals surface area contributed by atoms with Crippen LogP contribution in [0.4, 0.5) is 5.69 Å². The second-order valence-corrected chi connectivity index (χ2v) is 6.88. The lowest BCUT2D eigenvalue weighted by Gasteiger charge is -2.33. The molecule has 2 heterocycles. The molecule has 4 nitrogen and oxygen atoms in total. The van der Waals surface area contributed by atoms with Crippen LogP contribution in [0.5, 0.6) is 5.75 Å². The van der Waals surface area contributed by atoms with Gasteiger partial charge in [0.25, 0.3) is 5.91 Å². The van der Waals surface area contributed by atoms with Gasteiger partial charge in [-0.3, -0.25) is 4.79 Å². The molecule has 3 rings (SSSR count). The number of hydrogen-bond acceptors (Lipinski definition) is 3. The molecule has 0 saturated carbocycles. The number of amides is 1. The second kappa shape index (κ2) is 6.52. The topological polar surface area (TPSA) is 38.8 Å². The molecule has 2 atom stereocenters. The molecule has 114 valence electrons. The van der Waals surface area contributed by atoms with Crippen LogP contribution in [0, 0.1) is 3.57 Å². The monoisotopic (exact) mass is 401 g/mol. The van der Waals surface area contributed by atoms with E-state index in [0.717, 1.165) is 47.4 Å². The third kappa shape index (κ3) is 3.34. The van der Waals surface area contributed by atoms with Gasteiger partial charge in [0.05, 0.1) is 11.8 Å². The van der Waals surface area contributed by atoms with Crippen molar-refractivity contribution in [2.75, 3.05) is 18.1 Å². The summed E-state index contributed by atoms with van der Waals surface area (Å²) in [5.41, 5.74) is 0.894. The van der Waals surface area contributed by atoms with Crippen molar-refractivity contribution in [1.82, 2.24) is 0 Å². The maximum atomic E-state index is 12.4. The summed E-state index contributed by atoms with van der Waals surface area (Å²) in [5.74, 6) is 0.863. The van der Waals surface area contributed by atoms with E-state index in [9.17, 15) is 4.79 Å². The average Bonchev–Trinajstić information content (AvgIpc) is 2.96. The molecular formula is C16H20INO3. The third-order valence-corrected chi connectivity index (χ3v) is 4.73. The predicted molar refractivity (Wildman–Crippen MR) is 89.8 cm³/mol. The maximum Gasteiger partial charge on any atom is 0.267 e. The number of carbonyl (C=O) groups excluding carboxylic acids is 1. The van der Waals surface area contributed by atoms with Crippen molar-refractivity contribution in [1.29, 1.82) is 0 Å². The van der Waals surface area contributed by atoms with Gasteiger partial charge < -0.3 is 14.4 Å². The van der Waals surface area contributed by atoms with Gasteiger partial charge in [0.1, 0.15) is 5.75 Å². The van der Waals surface area contributed by atoms with Gasteiger partial charge in [-0.15, -0.1) is 0 Å². The van der Waals surface area contributed by atoms with E-state index >= 15 is 0 Å². The van der Waals surface area contributed by atoms with Crippen molar-refractivity contribution in [2.24, 2.45) is 0 Å². The van der Waals surface area contributed by atoms with Crippen molar-refractivity contribution in [2.45, 2.75) is 44.8 Å². The summed E-state index contributed by atoms with van der Waals surface area (Å²) in [6, 6.07) is 5.98. The summed E-state index contributed by atoms with van der Waals surface area (Å²) < 4.78 is 12.5. The Morgan fingerprint density at radius 1 is 1.43 bits per heavy atom. The van der Waals surface area contributed by atoms with E-state index in [1.165, 1.54) is 6.42 Å². The minimum atomic E-state index is -0.404. The van der Waals surface area contributed by atoms with Crippen LogP contribution in [-0.2, 0) is 9.53 Å². The molecule has 0 aromatic heterocycles. The highest BCUT2D eigenvalue weighted by atomic mass is 127. The summed E-state index contributed by atoms with van der Waals surface area (Å²) in [6.07, 6.45) is 4.29. The summed E-state index contributed by atoms with van der Waals surface area (Å²) in [7, 11) is 0. The minimum absolute atomic E-state index is 0.0519. The van der Waals surface area contributed by atoms with Crippen molar-refractivity contribution in [3.63, 3.8) is 0 Å². The number of hydrogen-bond donors (Lipinski definition) is 0. The Hall–Kier alpha value is -0.820. The molecule has 2 aliphatic rings. The SMILES string of the molecule is CC1Oc2cc(I)ccc2N(CCCC2CCCO2)C1=O. The largest absolute Gasteiger partial charge is 0.479 e. The van der Waals surface area contributed by atoms with Crippen LogP contribution in [0.2, 0.25) is 0 Å². The molecule has 0 bridgehead atoms. The Bertz CT molecular complexity index is 528. The number of halogens is 1. The first-order valence-electron chi connectivity index (χ1n) is 7.54. The van der Waals surface area contributed by atoms with E-state index in [2.05, 4.69) is 22.6 Å². The van der Waals surface area contributed by atoms with E-state index in [0.29, 0.717) is 6.10 Å². The summed E-state index contributed by atoms with van der Waals surface area (Å²) in [5, 5.41) is 0. The second-order valence-electron chi connectivity index (χ2n) is 5.64. The number of rotatable bonds is 4. The van der Waals surface area contributed by atoms with Gasteiger partial charge in [-0.2, -0.15) is 0 Å². The zero-order valence-corrected chi connectivity index (χ0v) is 14.3. The van der Waals surface area contributed by atoms with Crippen molar-refractivity contribution in [3.05, 3.63) is 21.8 Å². The van der Waals surface area contributed by atoms with Gasteiger partial charge in [-0.05, 0) is 73.4 Å². The highest BCUT2D eigenvalue weighted by molar-refractivity contribution is 14.1. The zero-order chi connectivity index (χ0) is 14.8. The Morgan fingerprint density at radius 2 is 2.29 bits per heavy atom. The smallest absolute Gasteiger partial charge is 0.267 e. The zero-order valence-electron chi connectivity index (χ0n) is 12.2. The van der Waals surface area contributed by atoms with E-state index in [-0.39, 0.29) is 5.91 Å². The lowest BCUT2D eigenvalue weighted by atomic mass is 10.1. The molecule has 1 amide bonds. The van der Waals surface area contributed by atoms with Crippen LogP contribution in [-0.4, -0.2) is 31.3 Å².